The van der Waals surface area contributed by atoms with Gasteiger partial charge in [-0.2, -0.15) is 0 Å². The van der Waals surface area contributed by atoms with Crippen molar-refractivity contribution in [1.29, 1.82) is 0 Å². The van der Waals surface area contributed by atoms with Crippen LogP contribution in [0.25, 0.3) is 0 Å². The van der Waals surface area contributed by atoms with Gasteiger partial charge in [0.05, 0.1) is 0 Å². The lowest BCUT2D eigenvalue weighted by molar-refractivity contribution is 0.0992. The van der Waals surface area contributed by atoms with E-state index < -0.39 is 0 Å². The second-order valence-corrected chi connectivity index (χ2v) is 3.61. The molecule has 0 heterocycles. The predicted molar refractivity (Wildman–Crippen MR) is 65.2 cm³/mol. The van der Waals surface area contributed by atoms with Gasteiger partial charge in [0.25, 0.3) is 0 Å². The maximum Gasteiger partial charge on any atom is 0.163 e. The molecule has 16 heavy (non-hydrogen) atoms. The van der Waals surface area contributed by atoms with Gasteiger partial charge in [0.2, 0.25) is 0 Å². The van der Waals surface area contributed by atoms with Crippen molar-refractivity contribution in [3.8, 4) is 0 Å². The van der Waals surface area contributed by atoms with E-state index in [4.69, 9.17) is 0 Å². The van der Waals surface area contributed by atoms with Crippen LogP contribution < -0.4 is 0 Å². The number of carbonyl (C=O) groups excluding carboxylic acids is 1. The molecule has 2 rings (SSSR count). The van der Waals surface area contributed by atoms with Crippen molar-refractivity contribution in [2.75, 3.05) is 0 Å². The van der Waals surface area contributed by atoms with Gasteiger partial charge >= 0.3 is 0 Å². The first-order chi connectivity index (χ1) is 7.86. The third-order valence-electron chi connectivity index (χ3n) is 2.42. The van der Waals surface area contributed by atoms with Crippen LogP contribution in [0, 0.1) is 6.42 Å². The van der Waals surface area contributed by atoms with Crippen LogP contribution >= 0.6 is 0 Å². The predicted octanol–water partition coefficient (Wildman–Crippen LogP) is 3.51. The Morgan fingerprint density at radius 2 is 1.44 bits per heavy atom. The summed E-state index contributed by atoms with van der Waals surface area (Å²) < 4.78 is 0. The summed E-state index contributed by atoms with van der Waals surface area (Å²) in [4.78, 5) is 11.8. The minimum atomic E-state index is 0.157. The SMILES string of the molecule is O=C(C[CH]c1ccccc1)c1ccccc1. The molecular weight excluding hydrogens is 196 g/mol. The lowest BCUT2D eigenvalue weighted by Crippen LogP contribution is -1.99. The van der Waals surface area contributed by atoms with Gasteiger partial charge in [-0.25, -0.2) is 0 Å². The van der Waals surface area contributed by atoms with Crippen LogP contribution in [0.4, 0.5) is 0 Å². The van der Waals surface area contributed by atoms with Crippen LogP contribution in [-0.2, 0) is 0 Å². The zero-order chi connectivity index (χ0) is 11.2. The Labute approximate surface area is 95.7 Å². The standard InChI is InChI=1S/C15H13O/c16-15(14-9-5-2-6-10-14)12-11-13-7-3-1-4-8-13/h1-11H,12H2. The highest BCUT2D eigenvalue weighted by Crippen LogP contribution is 2.09. The Balaban J connectivity index is 1.95. The van der Waals surface area contributed by atoms with Crippen LogP contribution in [0.2, 0.25) is 0 Å². The summed E-state index contributed by atoms with van der Waals surface area (Å²) in [5.74, 6) is 0.157. The molecule has 1 heteroatoms. The fourth-order valence-electron chi connectivity index (χ4n) is 1.54. The monoisotopic (exact) mass is 209 g/mol. The van der Waals surface area contributed by atoms with Gasteiger partial charge < -0.3 is 0 Å². The van der Waals surface area contributed by atoms with Gasteiger partial charge in [-0.15, -0.1) is 0 Å². The topological polar surface area (TPSA) is 17.1 Å². The molecular formula is C15H13O. The molecule has 2 aromatic rings. The normalized spacial score (nSPS) is 10.0. The Kier molecular flexibility index (Phi) is 3.50. The number of ketones is 1. The van der Waals surface area contributed by atoms with Crippen molar-refractivity contribution < 1.29 is 4.79 Å². The fourth-order valence-corrected chi connectivity index (χ4v) is 1.54. The zero-order valence-corrected chi connectivity index (χ0v) is 8.97. The van der Waals surface area contributed by atoms with Gasteiger partial charge in [0.15, 0.2) is 5.78 Å². The van der Waals surface area contributed by atoms with E-state index in [0.717, 1.165) is 11.1 Å². The van der Waals surface area contributed by atoms with Crippen molar-refractivity contribution in [3.05, 3.63) is 78.2 Å². The molecule has 1 radical (unpaired) electrons. The Bertz CT molecular complexity index is 445. The Hall–Kier alpha value is -1.89. The highest BCUT2D eigenvalue weighted by Gasteiger charge is 2.04. The lowest BCUT2D eigenvalue weighted by Gasteiger charge is -2.00. The fraction of sp³-hybridized carbons (Fsp3) is 0.0667. The summed E-state index contributed by atoms with van der Waals surface area (Å²) in [5, 5.41) is 0. The second kappa shape index (κ2) is 5.26. The maximum absolute atomic E-state index is 11.8. The molecule has 0 aromatic heterocycles. The molecule has 0 unspecified atom stereocenters. The number of carbonyl (C=O) groups is 1. The molecule has 0 aliphatic carbocycles. The van der Waals surface area contributed by atoms with E-state index in [1.165, 1.54) is 0 Å². The van der Waals surface area contributed by atoms with E-state index in [1.807, 2.05) is 67.1 Å². The molecule has 0 fully saturated rings. The van der Waals surface area contributed by atoms with E-state index >= 15 is 0 Å². The first-order valence-corrected chi connectivity index (χ1v) is 5.33. The largest absolute Gasteiger partial charge is 0.294 e. The van der Waals surface area contributed by atoms with Gasteiger partial charge in [-0.3, -0.25) is 4.79 Å². The van der Waals surface area contributed by atoms with Crippen LogP contribution in [0.15, 0.2) is 60.7 Å². The third-order valence-corrected chi connectivity index (χ3v) is 2.42. The number of hydrogen-bond donors (Lipinski definition) is 0. The first kappa shape index (κ1) is 10.6. The van der Waals surface area contributed by atoms with Crippen molar-refractivity contribution in [3.63, 3.8) is 0 Å². The van der Waals surface area contributed by atoms with E-state index in [2.05, 4.69) is 0 Å². The molecule has 0 spiro atoms. The van der Waals surface area contributed by atoms with E-state index in [9.17, 15) is 4.79 Å². The van der Waals surface area contributed by atoms with Gasteiger partial charge in [-0.1, -0.05) is 60.7 Å². The Morgan fingerprint density at radius 3 is 2.06 bits per heavy atom. The molecule has 0 saturated carbocycles. The lowest BCUT2D eigenvalue weighted by atomic mass is 10.0. The Morgan fingerprint density at radius 1 is 0.875 bits per heavy atom. The van der Waals surface area contributed by atoms with Crippen LogP contribution in [0.1, 0.15) is 22.3 Å². The second-order valence-electron chi connectivity index (χ2n) is 3.61. The van der Waals surface area contributed by atoms with Gasteiger partial charge in [-0.05, 0) is 12.0 Å². The summed E-state index contributed by atoms with van der Waals surface area (Å²) in [6, 6.07) is 19.3. The number of benzene rings is 2. The van der Waals surface area contributed by atoms with E-state index in [-0.39, 0.29) is 5.78 Å². The molecule has 0 atom stereocenters. The maximum atomic E-state index is 11.8. The molecule has 79 valence electrons. The minimum Gasteiger partial charge on any atom is -0.294 e. The van der Waals surface area contributed by atoms with Gasteiger partial charge in [0.1, 0.15) is 0 Å². The van der Waals surface area contributed by atoms with Crippen LogP contribution in [0.3, 0.4) is 0 Å². The van der Waals surface area contributed by atoms with Crippen LogP contribution in [0.5, 0.6) is 0 Å². The summed E-state index contributed by atoms with van der Waals surface area (Å²) in [7, 11) is 0. The first-order valence-electron chi connectivity index (χ1n) is 5.33. The van der Waals surface area contributed by atoms with Crippen molar-refractivity contribution in [2.24, 2.45) is 0 Å². The molecule has 1 nitrogen and oxygen atoms in total. The molecule has 0 N–H and O–H groups in total. The summed E-state index contributed by atoms with van der Waals surface area (Å²) >= 11 is 0. The number of rotatable bonds is 4. The third kappa shape index (κ3) is 2.80. The smallest absolute Gasteiger partial charge is 0.163 e. The van der Waals surface area contributed by atoms with Crippen molar-refractivity contribution >= 4 is 5.78 Å². The summed E-state index contributed by atoms with van der Waals surface area (Å²) in [6.45, 7) is 0. The molecule has 0 amide bonds. The zero-order valence-electron chi connectivity index (χ0n) is 8.97. The van der Waals surface area contributed by atoms with Crippen molar-refractivity contribution in [2.45, 2.75) is 6.42 Å². The molecule has 2 aromatic carbocycles. The van der Waals surface area contributed by atoms with Crippen LogP contribution in [-0.4, -0.2) is 5.78 Å². The van der Waals surface area contributed by atoms with E-state index in [1.54, 1.807) is 0 Å². The number of Topliss-reactive ketones (excluding diaryl/α,β-unsaturated/α-hetero) is 1. The summed E-state index contributed by atoms with van der Waals surface area (Å²) in [5.41, 5.74) is 1.86. The summed E-state index contributed by atoms with van der Waals surface area (Å²) in [6.07, 6.45) is 2.41. The molecule has 0 aliphatic heterocycles. The highest BCUT2D eigenvalue weighted by atomic mass is 16.1. The van der Waals surface area contributed by atoms with E-state index in [0.29, 0.717) is 6.42 Å². The minimum absolute atomic E-state index is 0.157. The van der Waals surface area contributed by atoms with Crippen molar-refractivity contribution in [1.82, 2.24) is 0 Å². The average molecular weight is 209 g/mol. The quantitative estimate of drug-likeness (QED) is 0.704. The molecule has 0 aliphatic rings. The molecule has 0 saturated heterocycles. The highest BCUT2D eigenvalue weighted by molar-refractivity contribution is 5.96. The molecule has 0 bridgehead atoms. The van der Waals surface area contributed by atoms with Gasteiger partial charge in [0, 0.05) is 12.0 Å². The number of hydrogen-bond acceptors (Lipinski definition) is 1. The average Bonchev–Trinajstić information content (AvgIpc) is 2.38.